The van der Waals surface area contributed by atoms with Crippen molar-refractivity contribution >= 4 is 34.2 Å². The first-order valence-corrected chi connectivity index (χ1v) is 16.1. The van der Waals surface area contributed by atoms with Crippen LogP contribution in [0.25, 0.3) is 10.9 Å². The zero-order valence-electron chi connectivity index (χ0n) is 26.9. The van der Waals surface area contributed by atoms with E-state index in [0.717, 1.165) is 40.7 Å². The minimum atomic E-state index is -0.808. The lowest BCUT2D eigenvalue weighted by atomic mass is 10.0. The second-order valence-corrected chi connectivity index (χ2v) is 12.9. The molecule has 5 rings (SSSR count). The Morgan fingerprint density at radius 1 is 0.733 bits per heavy atom. The normalized spacial score (nSPS) is 11.4. The molecule has 4 aromatic carbocycles. The summed E-state index contributed by atoms with van der Waals surface area (Å²) in [5, 5.41) is 10.1. The van der Waals surface area contributed by atoms with Gasteiger partial charge in [0.15, 0.2) is 0 Å². The van der Waals surface area contributed by atoms with Gasteiger partial charge in [0.05, 0.1) is 5.52 Å². The number of aryl methyl sites for hydroxylation is 1. The minimum absolute atomic E-state index is 0.101. The predicted molar refractivity (Wildman–Crippen MR) is 184 cm³/mol. The first-order valence-electron chi connectivity index (χ1n) is 16.1. The van der Waals surface area contributed by atoms with E-state index in [-0.39, 0.29) is 12.3 Å². The molecule has 0 aliphatic rings. The highest BCUT2D eigenvalue weighted by atomic mass is 16.4. The SMILES string of the molecule is CC(C)Cc1ccc(CN(c2ccc(CC(C)C)cc2)c2cccc(C(=O)n3cc(CCCC(=O)O)c4ccccc43)c2)cc1. The van der Waals surface area contributed by atoms with Crippen LogP contribution in [0.2, 0.25) is 0 Å². The third-order valence-electron chi connectivity index (χ3n) is 8.15. The minimum Gasteiger partial charge on any atom is -0.481 e. The molecule has 0 radical (unpaired) electrons. The molecule has 0 saturated carbocycles. The largest absolute Gasteiger partial charge is 0.481 e. The number of fused-ring (bicyclic) bond motifs is 1. The number of rotatable bonds is 13. The number of nitrogens with zero attached hydrogens (tertiary/aromatic N) is 2. The number of carboxylic acid groups (broad SMARTS) is 1. The monoisotopic (exact) mass is 600 g/mol. The van der Waals surface area contributed by atoms with Crippen LogP contribution in [0.3, 0.4) is 0 Å². The molecular weight excluding hydrogens is 556 g/mol. The van der Waals surface area contributed by atoms with E-state index in [4.69, 9.17) is 5.11 Å². The summed E-state index contributed by atoms with van der Waals surface area (Å²) in [4.78, 5) is 27.4. The molecule has 1 heterocycles. The average Bonchev–Trinajstić information content (AvgIpc) is 3.38. The average molecular weight is 601 g/mol. The van der Waals surface area contributed by atoms with Crippen molar-refractivity contribution in [2.45, 2.75) is 66.3 Å². The fourth-order valence-electron chi connectivity index (χ4n) is 6.04. The number of carboxylic acids is 1. The molecule has 5 heteroatoms. The van der Waals surface area contributed by atoms with Crippen LogP contribution >= 0.6 is 0 Å². The van der Waals surface area contributed by atoms with E-state index in [1.165, 1.54) is 16.7 Å². The molecule has 1 aromatic heterocycles. The quantitative estimate of drug-likeness (QED) is 0.146. The molecule has 0 aliphatic heterocycles. The van der Waals surface area contributed by atoms with Crippen molar-refractivity contribution in [3.63, 3.8) is 0 Å². The smallest absolute Gasteiger partial charge is 0.303 e. The summed E-state index contributed by atoms with van der Waals surface area (Å²) >= 11 is 0. The van der Waals surface area contributed by atoms with E-state index in [2.05, 4.69) is 87.2 Å². The summed E-state index contributed by atoms with van der Waals surface area (Å²) in [6.45, 7) is 9.62. The lowest BCUT2D eigenvalue weighted by Crippen LogP contribution is -2.18. The summed E-state index contributed by atoms with van der Waals surface area (Å²) < 4.78 is 1.71. The van der Waals surface area contributed by atoms with E-state index in [0.29, 0.717) is 36.8 Å². The van der Waals surface area contributed by atoms with Gasteiger partial charge in [0.2, 0.25) is 0 Å². The second kappa shape index (κ2) is 14.4. The summed E-state index contributed by atoms with van der Waals surface area (Å²) in [5.74, 6) is 0.275. The Kier molecular flexibility index (Phi) is 10.2. The van der Waals surface area contributed by atoms with E-state index in [9.17, 15) is 9.59 Å². The Hall–Kier alpha value is -4.64. The zero-order chi connectivity index (χ0) is 31.9. The molecule has 0 aliphatic carbocycles. The Morgan fingerprint density at radius 3 is 2.00 bits per heavy atom. The van der Waals surface area contributed by atoms with Crippen LogP contribution in [0.15, 0.2) is 103 Å². The molecule has 0 unspecified atom stereocenters. The lowest BCUT2D eigenvalue weighted by molar-refractivity contribution is -0.137. The molecule has 0 saturated heterocycles. The van der Waals surface area contributed by atoms with Crippen molar-refractivity contribution in [1.29, 1.82) is 0 Å². The van der Waals surface area contributed by atoms with Crippen LogP contribution in [0.1, 0.15) is 73.1 Å². The second-order valence-electron chi connectivity index (χ2n) is 12.9. The zero-order valence-corrected chi connectivity index (χ0v) is 26.9. The van der Waals surface area contributed by atoms with Crippen LogP contribution in [-0.2, 0) is 30.6 Å². The van der Waals surface area contributed by atoms with E-state index in [1.54, 1.807) is 4.57 Å². The Bertz CT molecular complexity index is 1750. The van der Waals surface area contributed by atoms with Crippen LogP contribution in [0, 0.1) is 11.8 Å². The first kappa shape index (κ1) is 31.8. The summed E-state index contributed by atoms with van der Waals surface area (Å²) in [6.07, 6.45) is 5.20. The van der Waals surface area contributed by atoms with Crippen molar-refractivity contribution in [3.8, 4) is 0 Å². The number of aliphatic carboxylic acids is 1. The van der Waals surface area contributed by atoms with Crippen LogP contribution in [0.4, 0.5) is 11.4 Å². The number of benzene rings is 4. The maximum Gasteiger partial charge on any atom is 0.303 e. The van der Waals surface area contributed by atoms with Gasteiger partial charge in [-0.1, -0.05) is 88.4 Å². The summed E-state index contributed by atoms with van der Waals surface area (Å²) in [7, 11) is 0. The molecule has 5 aromatic rings. The summed E-state index contributed by atoms with van der Waals surface area (Å²) in [5.41, 5.74) is 8.29. The number of hydrogen-bond acceptors (Lipinski definition) is 3. The van der Waals surface area contributed by atoms with Gasteiger partial charge in [-0.2, -0.15) is 0 Å². The number of anilines is 2. The molecule has 45 heavy (non-hydrogen) atoms. The molecule has 0 atom stereocenters. The van der Waals surface area contributed by atoms with Gasteiger partial charge in [0, 0.05) is 41.5 Å². The van der Waals surface area contributed by atoms with Crippen molar-refractivity contribution in [2.24, 2.45) is 11.8 Å². The Labute approximate surface area is 267 Å². The van der Waals surface area contributed by atoms with Crippen molar-refractivity contribution in [2.75, 3.05) is 4.90 Å². The molecule has 5 nitrogen and oxygen atoms in total. The maximum absolute atomic E-state index is 14.0. The molecular formula is C40H44N2O3. The number of aromatic nitrogens is 1. The molecule has 0 bridgehead atoms. The predicted octanol–water partition coefficient (Wildman–Crippen LogP) is 9.47. The third-order valence-corrected chi connectivity index (χ3v) is 8.15. The highest BCUT2D eigenvalue weighted by molar-refractivity contribution is 6.03. The Balaban J connectivity index is 1.48. The van der Waals surface area contributed by atoms with Crippen LogP contribution in [-0.4, -0.2) is 21.6 Å². The maximum atomic E-state index is 14.0. The number of para-hydroxylation sites is 1. The van der Waals surface area contributed by atoms with Crippen LogP contribution < -0.4 is 4.90 Å². The lowest BCUT2D eigenvalue weighted by Gasteiger charge is -2.26. The van der Waals surface area contributed by atoms with Gasteiger partial charge >= 0.3 is 5.97 Å². The topological polar surface area (TPSA) is 62.5 Å². The molecule has 232 valence electrons. The van der Waals surface area contributed by atoms with E-state index in [1.807, 2.05) is 48.7 Å². The van der Waals surface area contributed by atoms with Gasteiger partial charge in [-0.3, -0.25) is 14.2 Å². The number of carbonyl (C=O) groups is 2. The molecule has 1 N–H and O–H groups in total. The van der Waals surface area contributed by atoms with Gasteiger partial charge in [-0.05, 0) is 96.2 Å². The van der Waals surface area contributed by atoms with E-state index >= 15 is 0 Å². The standard InChI is InChI=1S/C40H44N2O3/c1-28(2)23-30-15-17-32(18-16-30)26-41(35-21-19-31(20-22-35)24-29(3)4)36-11-7-9-33(25-36)40(45)42-27-34(10-8-14-39(43)44)37-12-5-6-13-38(37)42/h5-7,9,11-13,15-22,25,27-29H,8,10,14,23-24,26H2,1-4H3,(H,43,44). The number of hydrogen-bond donors (Lipinski definition) is 1. The fourth-order valence-corrected chi connectivity index (χ4v) is 6.04. The van der Waals surface area contributed by atoms with Gasteiger partial charge in [0.1, 0.15) is 0 Å². The van der Waals surface area contributed by atoms with Gasteiger partial charge in [-0.15, -0.1) is 0 Å². The van der Waals surface area contributed by atoms with Gasteiger partial charge < -0.3 is 10.0 Å². The highest BCUT2D eigenvalue weighted by Gasteiger charge is 2.18. The third kappa shape index (κ3) is 8.10. The van der Waals surface area contributed by atoms with Gasteiger partial charge in [0.25, 0.3) is 5.91 Å². The number of carbonyl (C=O) groups excluding carboxylic acids is 1. The summed E-state index contributed by atoms with van der Waals surface area (Å²) in [6, 6.07) is 33.4. The van der Waals surface area contributed by atoms with Crippen molar-refractivity contribution in [3.05, 3.63) is 131 Å². The fraction of sp³-hybridized carbons (Fsp3) is 0.300. The molecule has 0 amide bonds. The van der Waals surface area contributed by atoms with E-state index < -0.39 is 5.97 Å². The highest BCUT2D eigenvalue weighted by Crippen LogP contribution is 2.31. The molecule has 0 fully saturated rings. The van der Waals surface area contributed by atoms with Gasteiger partial charge in [-0.25, -0.2) is 0 Å². The van der Waals surface area contributed by atoms with Crippen molar-refractivity contribution < 1.29 is 14.7 Å². The molecule has 0 spiro atoms. The first-order chi connectivity index (χ1) is 21.7. The van der Waals surface area contributed by atoms with Crippen molar-refractivity contribution in [1.82, 2.24) is 4.57 Å². The van der Waals surface area contributed by atoms with Crippen LogP contribution in [0.5, 0.6) is 0 Å². The Morgan fingerprint density at radius 2 is 1.36 bits per heavy atom.